The third-order valence-corrected chi connectivity index (χ3v) is 4.88. The van der Waals surface area contributed by atoms with Gasteiger partial charge in [-0.2, -0.15) is 5.10 Å². The van der Waals surface area contributed by atoms with Crippen LogP contribution in [0, 0.1) is 5.82 Å². The van der Waals surface area contributed by atoms with Crippen LogP contribution < -0.4 is 5.32 Å². The van der Waals surface area contributed by atoms with E-state index in [4.69, 9.17) is 0 Å². The van der Waals surface area contributed by atoms with Crippen LogP contribution >= 0.6 is 0 Å². The summed E-state index contributed by atoms with van der Waals surface area (Å²) in [5.74, 6) is -0.832. The van der Waals surface area contributed by atoms with E-state index in [0.717, 1.165) is 0 Å². The van der Waals surface area contributed by atoms with E-state index in [2.05, 4.69) is 10.4 Å². The number of carbonyl (C=O) groups is 3. The maximum atomic E-state index is 13.0. The lowest BCUT2D eigenvalue weighted by Gasteiger charge is -2.34. The first-order chi connectivity index (χ1) is 14.3. The van der Waals surface area contributed by atoms with Gasteiger partial charge in [0, 0.05) is 52.0 Å². The second-order valence-electron chi connectivity index (χ2n) is 7.33. The minimum Gasteiger partial charge on any atom is -0.348 e. The molecular formula is C20H25FN6O3. The highest BCUT2D eigenvalue weighted by atomic mass is 19.1. The van der Waals surface area contributed by atoms with Gasteiger partial charge in [0.05, 0.1) is 18.4 Å². The first kappa shape index (κ1) is 21.4. The standard InChI is InChI=1S/C20H25FN6O3/c1-24(2)18(28)13-25-7-9-26(10-8-25)19(29)14-27-12-17(11-22-27)23-20(30)15-3-5-16(21)6-4-15/h3-6,11-12H,7-10,13-14H2,1-2H3,(H,23,30). The fourth-order valence-electron chi connectivity index (χ4n) is 3.05. The minimum atomic E-state index is -0.414. The molecule has 1 N–H and O–H groups in total. The molecule has 0 spiro atoms. The molecule has 1 aromatic heterocycles. The molecule has 2 heterocycles. The van der Waals surface area contributed by atoms with Gasteiger partial charge in [0.2, 0.25) is 11.8 Å². The summed E-state index contributed by atoms with van der Waals surface area (Å²) < 4.78 is 14.4. The Labute approximate surface area is 174 Å². The van der Waals surface area contributed by atoms with Gasteiger partial charge in [0.1, 0.15) is 12.4 Å². The van der Waals surface area contributed by atoms with Crippen molar-refractivity contribution in [3.05, 3.63) is 48.0 Å². The Morgan fingerprint density at radius 1 is 1.07 bits per heavy atom. The van der Waals surface area contributed by atoms with E-state index in [1.54, 1.807) is 30.1 Å². The lowest BCUT2D eigenvalue weighted by Crippen LogP contribution is -2.51. The molecule has 0 unspecified atom stereocenters. The molecule has 160 valence electrons. The van der Waals surface area contributed by atoms with Crippen LogP contribution in [-0.4, -0.2) is 89.0 Å². The van der Waals surface area contributed by atoms with Crippen LogP contribution in [0.25, 0.3) is 0 Å². The Kier molecular flexibility index (Phi) is 6.78. The van der Waals surface area contributed by atoms with E-state index < -0.39 is 5.82 Å². The fraction of sp³-hybridized carbons (Fsp3) is 0.400. The number of amides is 3. The summed E-state index contributed by atoms with van der Waals surface area (Å²) in [6.45, 7) is 2.80. The highest BCUT2D eigenvalue weighted by Crippen LogP contribution is 2.10. The van der Waals surface area contributed by atoms with Gasteiger partial charge >= 0.3 is 0 Å². The molecule has 0 bridgehead atoms. The van der Waals surface area contributed by atoms with Crippen LogP contribution in [0.15, 0.2) is 36.7 Å². The maximum absolute atomic E-state index is 13.0. The summed E-state index contributed by atoms with van der Waals surface area (Å²) in [7, 11) is 3.45. The van der Waals surface area contributed by atoms with Gasteiger partial charge in [-0.1, -0.05) is 0 Å². The molecule has 0 radical (unpaired) electrons. The van der Waals surface area contributed by atoms with Crippen molar-refractivity contribution in [1.29, 1.82) is 0 Å². The number of rotatable bonds is 6. The van der Waals surface area contributed by atoms with Crippen molar-refractivity contribution < 1.29 is 18.8 Å². The van der Waals surface area contributed by atoms with E-state index in [1.807, 2.05) is 4.90 Å². The molecule has 0 atom stereocenters. The lowest BCUT2D eigenvalue weighted by atomic mass is 10.2. The summed E-state index contributed by atoms with van der Waals surface area (Å²) in [6.07, 6.45) is 3.03. The zero-order chi connectivity index (χ0) is 21.7. The molecule has 1 saturated heterocycles. The van der Waals surface area contributed by atoms with E-state index in [0.29, 0.717) is 44.0 Å². The molecule has 10 heteroatoms. The largest absolute Gasteiger partial charge is 0.348 e. The highest BCUT2D eigenvalue weighted by molar-refractivity contribution is 6.04. The molecule has 0 saturated carbocycles. The number of halogens is 1. The first-order valence-corrected chi connectivity index (χ1v) is 9.61. The van der Waals surface area contributed by atoms with Crippen molar-refractivity contribution in [3.63, 3.8) is 0 Å². The number of nitrogens with one attached hydrogen (secondary N) is 1. The SMILES string of the molecule is CN(C)C(=O)CN1CCN(C(=O)Cn2cc(NC(=O)c3ccc(F)cc3)cn2)CC1. The van der Waals surface area contributed by atoms with Crippen molar-refractivity contribution in [2.75, 3.05) is 52.1 Å². The van der Waals surface area contributed by atoms with Gasteiger partial charge < -0.3 is 15.1 Å². The summed E-state index contributed by atoms with van der Waals surface area (Å²) in [5, 5.41) is 6.79. The molecular weight excluding hydrogens is 391 g/mol. The molecule has 2 aromatic rings. The van der Waals surface area contributed by atoms with E-state index in [9.17, 15) is 18.8 Å². The normalized spacial score (nSPS) is 14.4. The van der Waals surface area contributed by atoms with Gasteiger partial charge in [-0.25, -0.2) is 4.39 Å². The Morgan fingerprint density at radius 2 is 1.73 bits per heavy atom. The molecule has 30 heavy (non-hydrogen) atoms. The number of aromatic nitrogens is 2. The average Bonchev–Trinajstić information content (AvgIpc) is 3.15. The van der Waals surface area contributed by atoms with Crippen LogP contribution in [-0.2, 0) is 16.1 Å². The number of hydrogen-bond acceptors (Lipinski definition) is 5. The second-order valence-corrected chi connectivity index (χ2v) is 7.33. The van der Waals surface area contributed by atoms with E-state index in [-0.39, 0.29) is 24.3 Å². The Hall–Kier alpha value is -3.27. The van der Waals surface area contributed by atoms with Gasteiger partial charge in [0.25, 0.3) is 5.91 Å². The second kappa shape index (κ2) is 9.49. The third-order valence-electron chi connectivity index (χ3n) is 4.88. The Bertz CT molecular complexity index is 904. The molecule has 1 aliphatic heterocycles. The summed E-state index contributed by atoms with van der Waals surface area (Å²) in [5.41, 5.74) is 0.773. The van der Waals surface area contributed by atoms with Crippen molar-refractivity contribution in [1.82, 2.24) is 24.5 Å². The van der Waals surface area contributed by atoms with Crippen molar-refractivity contribution in [2.24, 2.45) is 0 Å². The summed E-state index contributed by atoms with van der Waals surface area (Å²) in [6, 6.07) is 5.22. The quantitative estimate of drug-likeness (QED) is 0.741. The van der Waals surface area contributed by atoms with Gasteiger partial charge in [-0.05, 0) is 24.3 Å². The monoisotopic (exact) mass is 416 g/mol. The van der Waals surface area contributed by atoms with Gasteiger partial charge in [0.15, 0.2) is 0 Å². The molecule has 9 nitrogen and oxygen atoms in total. The number of nitrogens with zero attached hydrogens (tertiary/aromatic N) is 5. The zero-order valence-corrected chi connectivity index (χ0v) is 17.0. The minimum absolute atomic E-state index is 0.0431. The smallest absolute Gasteiger partial charge is 0.255 e. The average molecular weight is 416 g/mol. The van der Waals surface area contributed by atoms with Crippen LogP contribution in [0.3, 0.4) is 0 Å². The number of carbonyl (C=O) groups excluding carboxylic acids is 3. The van der Waals surface area contributed by atoms with Crippen molar-refractivity contribution in [3.8, 4) is 0 Å². The maximum Gasteiger partial charge on any atom is 0.255 e. The van der Waals surface area contributed by atoms with Crippen molar-refractivity contribution in [2.45, 2.75) is 6.54 Å². The van der Waals surface area contributed by atoms with Gasteiger partial charge in [-0.15, -0.1) is 0 Å². The fourth-order valence-corrected chi connectivity index (χ4v) is 3.05. The molecule has 1 aromatic carbocycles. The summed E-state index contributed by atoms with van der Waals surface area (Å²) >= 11 is 0. The van der Waals surface area contributed by atoms with E-state index in [1.165, 1.54) is 35.1 Å². The first-order valence-electron chi connectivity index (χ1n) is 9.61. The Balaban J connectivity index is 1.47. The van der Waals surface area contributed by atoms with Gasteiger partial charge in [-0.3, -0.25) is 24.0 Å². The predicted octanol–water partition coefficient (Wildman–Crippen LogP) is 0.507. The number of anilines is 1. The van der Waals surface area contributed by atoms with E-state index >= 15 is 0 Å². The molecule has 3 amide bonds. The molecule has 1 aliphatic rings. The third kappa shape index (κ3) is 5.63. The van der Waals surface area contributed by atoms with Crippen LogP contribution in [0.1, 0.15) is 10.4 Å². The number of likely N-dealkylation sites (N-methyl/N-ethyl adjacent to an activating group) is 1. The number of benzene rings is 1. The lowest BCUT2D eigenvalue weighted by molar-refractivity contribution is -0.134. The van der Waals surface area contributed by atoms with Crippen LogP contribution in [0.4, 0.5) is 10.1 Å². The molecule has 0 aliphatic carbocycles. The topological polar surface area (TPSA) is 90.8 Å². The molecule has 1 fully saturated rings. The number of piperazine rings is 1. The van der Waals surface area contributed by atoms with Crippen LogP contribution in [0.5, 0.6) is 0 Å². The van der Waals surface area contributed by atoms with Crippen molar-refractivity contribution >= 4 is 23.4 Å². The summed E-state index contributed by atoms with van der Waals surface area (Å²) in [4.78, 5) is 41.8. The highest BCUT2D eigenvalue weighted by Gasteiger charge is 2.23. The predicted molar refractivity (Wildman–Crippen MR) is 108 cm³/mol. The zero-order valence-electron chi connectivity index (χ0n) is 17.0. The molecule has 3 rings (SSSR count). The van der Waals surface area contributed by atoms with Crippen LogP contribution in [0.2, 0.25) is 0 Å². The Morgan fingerprint density at radius 3 is 2.37 bits per heavy atom. The number of hydrogen-bond donors (Lipinski definition) is 1.